The van der Waals surface area contributed by atoms with Crippen LogP contribution in [0.25, 0.3) is 10.9 Å². The fourth-order valence-electron chi connectivity index (χ4n) is 3.28. The maximum atomic E-state index is 12.3. The molecular weight excluding hydrogens is 316 g/mol. The summed E-state index contributed by atoms with van der Waals surface area (Å²) in [5.74, 6) is -0.360. The Morgan fingerprint density at radius 1 is 1.16 bits per heavy atom. The lowest BCUT2D eigenvalue weighted by Gasteiger charge is -2.30. The lowest BCUT2D eigenvalue weighted by Crippen LogP contribution is -2.46. The Balaban J connectivity index is 1.61. The summed E-state index contributed by atoms with van der Waals surface area (Å²) >= 11 is 0. The number of ether oxygens (including phenoxy) is 1. The molecule has 1 fully saturated rings. The van der Waals surface area contributed by atoms with Crippen molar-refractivity contribution >= 4 is 22.8 Å². The summed E-state index contributed by atoms with van der Waals surface area (Å²) < 4.78 is 5.31. The average Bonchev–Trinajstić information content (AvgIpc) is 2.63. The first-order chi connectivity index (χ1) is 12.0. The molecule has 132 valence electrons. The van der Waals surface area contributed by atoms with Crippen molar-refractivity contribution in [2.75, 3.05) is 0 Å². The molecule has 25 heavy (non-hydrogen) atoms. The largest absolute Gasteiger partial charge is 0.448 e. The topological polar surface area (TPSA) is 68.3 Å². The summed E-state index contributed by atoms with van der Waals surface area (Å²) in [4.78, 5) is 28.9. The third-order valence-corrected chi connectivity index (χ3v) is 4.90. The fraction of sp³-hybridized carbons (Fsp3) is 0.450. The Labute approximate surface area is 147 Å². The molecule has 1 aliphatic rings. The van der Waals surface area contributed by atoms with Gasteiger partial charge >= 0.3 is 5.97 Å². The van der Waals surface area contributed by atoms with Crippen molar-refractivity contribution in [2.45, 2.75) is 51.7 Å². The van der Waals surface area contributed by atoms with E-state index < -0.39 is 12.1 Å². The minimum absolute atomic E-state index is 0.168. The van der Waals surface area contributed by atoms with E-state index in [9.17, 15) is 9.59 Å². The van der Waals surface area contributed by atoms with Crippen LogP contribution in [0.5, 0.6) is 0 Å². The number of benzene rings is 1. The third kappa shape index (κ3) is 4.16. The van der Waals surface area contributed by atoms with Crippen LogP contribution < -0.4 is 5.32 Å². The predicted molar refractivity (Wildman–Crippen MR) is 96.2 cm³/mol. The van der Waals surface area contributed by atoms with E-state index in [0.717, 1.165) is 30.2 Å². The summed E-state index contributed by atoms with van der Waals surface area (Å²) in [6.07, 6.45) is 3.62. The lowest BCUT2D eigenvalue weighted by atomic mass is 9.86. The number of para-hydroxylation sites is 1. The summed E-state index contributed by atoms with van der Waals surface area (Å²) in [5, 5.41) is 3.97. The van der Waals surface area contributed by atoms with Gasteiger partial charge in [-0.25, -0.2) is 9.78 Å². The molecule has 0 spiro atoms. The van der Waals surface area contributed by atoms with E-state index in [4.69, 9.17) is 4.74 Å². The number of rotatable bonds is 4. The zero-order valence-corrected chi connectivity index (χ0v) is 14.7. The van der Waals surface area contributed by atoms with Crippen molar-refractivity contribution in [1.29, 1.82) is 0 Å². The second-order valence-electron chi connectivity index (χ2n) is 6.81. The van der Waals surface area contributed by atoms with Crippen LogP contribution in [0.2, 0.25) is 0 Å². The summed E-state index contributed by atoms with van der Waals surface area (Å²) in [7, 11) is 0. The van der Waals surface area contributed by atoms with Gasteiger partial charge in [-0.2, -0.15) is 0 Å². The normalized spacial score (nSPS) is 21.5. The number of nitrogens with one attached hydrogen (secondary N) is 1. The molecule has 0 radical (unpaired) electrons. The van der Waals surface area contributed by atoms with Crippen LogP contribution in [0, 0.1) is 5.92 Å². The zero-order chi connectivity index (χ0) is 17.8. The molecule has 1 aliphatic carbocycles. The van der Waals surface area contributed by atoms with E-state index in [1.165, 1.54) is 6.42 Å². The lowest BCUT2D eigenvalue weighted by molar-refractivity contribution is -0.130. The van der Waals surface area contributed by atoms with Crippen molar-refractivity contribution in [2.24, 2.45) is 5.92 Å². The van der Waals surface area contributed by atoms with Gasteiger partial charge in [-0.3, -0.25) is 4.79 Å². The van der Waals surface area contributed by atoms with E-state index in [-0.39, 0.29) is 17.6 Å². The minimum atomic E-state index is -0.838. The first-order valence-electron chi connectivity index (χ1n) is 8.92. The Morgan fingerprint density at radius 2 is 1.92 bits per heavy atom. The number of carbonyl (C=O) groups excluding carboxylic acids is 2. The zero-order valence-electron chi connectivity index (χ0n) is 14.7. The summed E-state index contributed by atoms with van der Waals surface area (Å²) in [6.45, 7) is 3.75. The van der Waals surface area contributed by atoms with Gasteiger partial charge in [0.2, 0.25) is 0 Å². The number of amides is 1. The molecule has 3 rings (SSSR count). The number of fused-ring (bicyclic) bond motifs is 1. The van der Waals surface area contributed by atoms with E-state index in [1.807, 2.05) is 30.3 Å². The summed E-state index contributed by atoms with van der Waals surface area (Å²) in [6, 6.07) is 11.2. The van der Waals surface area contributed by atoms with Crippen LogP contribution in [0.1, 0.15) is 50.0 Å². The molecule has 1 amide bonds. The first kappa shape index (κ1) is 17.4. The number of aromatic nitrogens is 1. The molecule has 0 aliphatic heterocycles. The van der Waals surface area contributed by atoms with Crippen molar-refractivity contribution < 1.29 is 14.3 Å². The average molecular weight is 340 g/mol. The molecule has 1 heterocycles. The third-order valence-electron chi connectivity index (χ3n) is 4.90. The summed E-state index contributed by atoms with van der Waals surface area (Å²) in [5.41, 5.74) is 0.939. The van der Waals surface area contributed by atoms with Gasteiger partial charge in [0.25, 0.3) is 5.91 Å². The molecule has 2 aromatic rings. The Morgan fingerprint density at radius 3 is 2.72 bits per heavy atom. The Kier molecular flexibility index (Phi) is 5.31. The molecule has 0 bridgehead atoms. The van der Waals surface area contributed by atoms with Crippen LogP contribution in [0.15, 0.2) is 36.4 Å². The maximum Gasteiger partial charge on any atom is 0.357 e. The minimum Gasteiger partial charge on any atom is -0.448 e. The monoisotopic (exact) mass is 340 g/mol. The van der Waals surface area contributed by atoms with Crippen molar-refractivity contribution in [1.82, 2.24) is 10.3 Å². The van der Waals surface area contributed by atoms with E-state index in [2.05, 4.69) is 17.2 Å². The number of esters is 1. The highest BCUT2D eigenvalue weighted by atomic mass is 16.5. The molecule has 1 aromatic heterocycles. The van der Waals surface area contributed by atoms with E-state index >= 15 is 0 Å². The fourth-order valence-corrected chi connectivity index (χ4v) is 3.28. The highest BCUT2D eigenvalue weighted by Gasteiger charge is 2.26. The van der Waals surface area contributed by atoms with E-state index in [1.54, 1.807) is 13.0 Å². The second kappa shape index (κ2) is 7.64. The molecule has 5 heteroatoms. The van der Waals surface area contributed by atoms with Gasteiger partial charge in [-0.15, -0.1) is 0 Å². The van der Waals surface area contributed by atoms with Crippen molar-refractivity contribution in [3.63, 3.8) is 0 Å². The number of pyridine rings is 1. The van der Waals surface area contributed by atoms with Gasteiger partial charge in [0, 0.05) is 11.4 Å². The number of nitrogens with zero attached hydrogens (tertiary/aromatic N) is 1. The molecule has 1 aromatic carbocycles. The smallest absolute Gasteiger partial charge is 0.357 e. The van der Waals surface area contributed by atoms with Gasteiger partial charge in [-0.1, -0.05) is 44.0 Å². The number of hydrogen-bond donors (Lipinski definition) is 1. The van der Waals surface area contributed by atoms with Gasteiger partial charge in [0.05, 0.1) is 5.52 Å². The van der Waals surface area contributed by atoms with Crippen LogP contribution in [0.3, 0.4) is 0 Å². The quantitative estimate of drug-likeness (QED) is 0.865. The molecular formula is C20H24N2O3. The molecule has 5 nitrogen and oxygen atoms in total. The maximum absolute atomic E-state index is 12.3. The molecule has 1 N–H and O–H groups in total. The predicted octanol–water partition coefficient (Wildman–Crippen LogP) is 3.48. The van der Waals surface area contributed by atoms with Crippen molar-refractivity contribution in [3.05, 3.63) is 42.1 Å². The van der Waals surface area contributed by atoms with E-state index in [0.29, 0.717) is 5.92 Å². The van der Waals surface area contributed by atoms with Crippen molar-refractivity contribution in [3.8, 4) is 0 Å². The van der Waals surface area contributed by atoms with Crippen LogP contribution in [-0.2, 0) is 9.53 Å². The first-order valence-corrected chi connectivity index (χ1v) is 8.92. The van der Waals surface area contributed by atoms with Gasteiger partial charge < -0.3 is 10.1 Å². The number of carbonyl (C=O) groups is 2. The highest BCUT2D eigenvalue weighted by Crippen LogP contribution is 2.23. The van der Waals surface area contributed by atoms with Gasteiger partial charge in [-0.05, 0) is 37.8 Å². The standard InChI is InChI=1S/C20H24N2O3/c1-13-7-3-5-9-16(13)22-19(23)14(2)25-20(24)18-12-11-15-8-4-6-10-17(15)21-18/h4,6,8,10-14,16H,3,5,7,9H2,1-2H3,(H,22,23)/t13-,14-,16+/m1/s1. The van der Waals surface area contributed by atoms with Crippen LogP contribution in [0.4, 0.5) is 0 Å². The highest BCUT2D eigenvalue weighted by molar-refractivity contribution is 5.93. The molecule has 0 unspecified atom stereocenters. The van der Waals surface area contributed by atoms with Gasteiger partial charge in [0.15, 0.2) is 6.10 Å². The Hall–Kier alpha value is -2.43. The van der Waals surface area contributed by atoms with Gasteiger partial charge in [0.1, 0.15) is 5.69 Å². The second-order valence-corrected chi connectivity index (χ2v) is 6.81. The molecule has 0 saturated heterocycles. The molecule has 1 saturated carbocycles. The number of hydrogen-bond acceptors (Lipinski definition) is 4. The van der Waals surface area contributed by atoms with Crippen LogP contribution in [-0.4, -0.2) is 29.0 Å². The Bertz CT molecular complexity index is 774. The SMILES string of the molecule is C[C@@H]1CCCC[C@@H]1NC(=O)[C@@H](C)OC(=O)c1ccc2ccccc2n1. The molecule has 3 atom stereocenters. The van der Waals surface area contributed by atoms with Crippen LogP contribution >= 0.6 is 0 Å².